The molecule has 156 valence electrons. The third kappa shape index (κ3) is 3.54. The minimum absolute atomic E-state index is 1.14. The summed E-state index contributed by atoms with van der Waals surface area (Å²) in [6.45, 7) is 0. The number of benzene rings is 6. The van der Waals surface area contributed by atoms with Crippen molar-refractivity contribution < 1.29 is 0 Å². The standard InChI is InChI=1S/C32H23N/c1-3-12-25(13-4-1)30-22-26-15-7-8-16-27(26)23-32(30)33(28-18-5-2-6-19-28)31-21-11-17-24-14-9-10-20-29(24)31/h1-23H. The molecule has 0 radical (unpaired) electrons. The average molecular weight is 422 g/mol. The molecule has 0 saturated carbocycles. The summed E-state index contributed by atoms with van der Waals surface area (Å²) in [7, 11) is 0. The van der Waals surface area contributed by atoms with E-state index in [9.17, 15) is 0 Å². The molecule has 0 aliphatic carbocycles. The van der Waals surface area contributed by atoms with Gasteiger partial charge in [-0.2, -0.15) is 0 Å². The molecule has 0 amide bonds. The Hall–Kier alpha value is -4.36. The first kappa shape index (κ1) is 19.3. The summed E-state index contributed by atoms with van der Waals surface area (Å²) in [4.78, 5) is 2.40. The van der Waals surface area contributed by atoms with Crippen molar-refractivity contribution in [2.24, 2.45) is 0 Å². The molecule has 0 bridgehead atoms. The van der Waals surface area contributed by atoms with E-state index in [1.807, 2.05) is 0 Å². The summed E-state index contributed by atoms with van der Waals surface area (Å²) in [5.74, 6) is 0. The lowest BCUT2D eigenvalue weighted by atomic mass is 9.97. The highest BCUT2D eigenvalue weighted by Crippen LogP contribution is 2.44. The fourth-order valence-corrected chi connectivity index (χ4v) is 4.65. The van der Waals surface area contributed by atoms with Crippen molar-refractivity contribution in [1.82, 2.24) is 0 Å². The predicted octanol–water partition coefficient (Wildman–Crippen LogP) is 9.13. The normalized spacial score (nSPS) is 11.0. The van der Waals surface area contributed by atoms with Crippen LogP contribution in [0.1, 0.15) is 0 Å². The van der Waals surface area contributed by atoms with Gasteiger partial charge in [0.15, 0.2) is 0 Å². The molecule has 0 atom stereocenters. The fourth-order valence-electron chi connectivity index (χ4n) is 4.65. The van der Waals surface area contributed by atoms with Gasteiger partial charge in [-0.15, -0.1) is 0 Å². The van der Waals surface area contributed by atoms with Crippen LogP contribution >= 0.6 is 0 Å². The molecule has 0 spiro atoms. The Morgan fingerprint density at radius 1 is 0.394 bits per heavy atom. The van der Waals surface area contributed by atoms with Crippen LogP contribution in [-0.4, -0.2) is 0 Å². The quantitative estimate of drug-likeness (QED) is 0.274. The Kier molecular flexibility index (Phi) is 4.86. The van der Waals surface area contributed by atoms with Crippen LogP contribution in [0, 0.1) is 0 Å². The van der Waals surface area contributed by atoms with Crippen LogP contribution < -0.4 is 4.90 Å². The van der Waals surface area contributed by atoms with Crippen LogP contribution in [0.4, 0.5) is 17.1 Å². The first-order chi connectivity index (χ1) is 16.4. The molecule has 0 aromatic heterocycles. The van der Waals surface area contributed by atoms with Crippen LogP contribution in [0.2, 0.25) is 0 Å². The van der Waals surface area contributed by atoms with Gasteiger partial charge in [-0.05, 0) is 52.1 Å². The lowest BCUT2D eigenvalue weighted by Gasteiger charge is -2.29. The van der Waals surface area contributed by atoms with Gasteiger partial charge in [0.05, 0.1) is 11.4 Å². The lowest BCUT2D eigenvalue weighted by molar-refractivity contribution is 1.30. The highest BCUT2D eigenvalue weighted by atomic mass is 15.1. The number of para-hydroxylation sites is 1. The summed E-state index contributed by atoms with van der Waals surface area (Å²) in [5, 5.41) is 4.94. The molecule has 6 aromatic rings. The maximum atomic E-state index is 2.40. The van der Waals surface area contributed by atoms with Gasteiger partial charge in [0.1, 0.15) is 0 Å². The third-order valence-corrected chi connectivity index (χ3v) is 6.21. The molecule has 0 fully saturated rings. The molecule has 0 N–H and O–H groups in total. The van der Waals surface area contributed by atoms with Gasteiger partial charge in [-0.1, -0.05) is 109 Å². The second-order valence-electron chi connectivity index (χ2n) is 8.25. The van der Waals surface area contributed by atoms with Crippen molar-refractivity contribution in [3.8, 4) is 11.1 Å². The van der Waals surface area contributed by atoms with Crippen molar-refractivity contribution in [2.45, 2.75) is 0 Å². The predicted molar refractivity (Wildman–Crippen MR) is 142 cm³/mol. The Labute approximate surface area is 194 Å². The molecule has 0 heterocycles. The summed E-state index contributed by atoms with van der Waals surface area (Å²) >= 11 is 0. The minimum Gasteiger partial charge on any atom is -0.309 e. The second kappa shape index (κ2) is 8.29. The smallest absolute Gasteiger partial charge is 0.0546 e. The van der Waals surface area contributed by atoms with Gasteiger partial charge in [0, 0.05) is 16.6 Å². The first-order valence-corrected chi connectivity index (χ1v) is 11.3. The summed E-state index contributed by atoms with van der Waals surface area (Å²) in [6.07, 6.45) is 0. The topological polar surface area (TPSA) is 3.24 Å². The van der Waals surface area contributed by atoms with Gasteiger partial charge < -0.3 is 4.90 Å². The Morgan fingerprint density at radius 2 is 0.970 bits per heavy atom. The molecular formula is C32H23N. The molecular weight excluding hydrogens is 398 g/mol. The first-order valence-electron chi connectivity index (χ1n) is 11.3. The molecule has 0 saturated heterocycles. The molecule has 0 aliphatic rings. The van der Waals surface area contributed by atoms with Gasteiger partial charge in [-0.25, -0.2) is 0 Å². The SMILES string of the molecule is c1ccc(-c2cc3ccccc3cc2N(c2ccccc2)c2cccc3ccccc23)cc1. The minimum atomic E-state index is 1.14. The van der Waals surface area contributed by atoms with Crippen LogP contribution in [0.5, 0.6) is 0 Å². The van der Waals surface area contributed by atoms with Crippen molar-refractivity contribution in [3.05, 3.63) is 140 Å². The number of rotatable bonds is 4. The van der Waals surface area contributed by atoms with E-state index in [1.54, 1.807) is 0 Å². The van der Waals surface area contributed by atoms with Crippen molar-refractivity contribution in [2.75, 3.05) is 4.90 Å². The van der Waals surface area contributed by atoms with Crippen LogP contribution in [0.3, 0.4) is 0 Å². The van der Waals surface area contributed by atoms with Gasteiger partial charge in [0.25, 0.3) is 0 Å². The monoisotopic (exact) mass is 421 g/mol. The summed E-state index contributed by atoms with van der Waals surface area (Å²) in [6, 6.07) is 49.8. The van der Waals surface area contributed by atoms with E-state index < -0.39 is 0 Å². The maximum absolute atomic E-state index is 2.40. The lowest BCUT2D eigenvalue weighted by Crippen LogP contribution is -2.11. The summed E-state index contributed by atoms with van der Waals surface area (Å²) in [5.41, 5.74) is 5.90. The van der Waals surface area contributed by atoms with Gasteiger partial charge in [-0.3, -0.25) is 0 Å². The molecule has 0 unspecified atom stereocenters. The molecule has 0 aliphatic heterocycles. The van der Waals surface area contributed by atoms with E-state index in [2.05, 4.69) is 144 Å². The van der Waals surface area contributed by atoms with Crippen molar-refractivity contribution in [1.29, 1.82) is 0 Å². The van der Waals surface area contributed by atoms with Crippen molar-refractivity contribution >= 4 is 38.6 Å². The molecule has 1 nitrogen and oxygen atoms in total. The van der Waals surface area contributed by atoms with E-state index in [1.165, 1.54) is 44.0 Å². The van der Waals surface area contributed by atoms with E-state index in [0.717, 1.165) is 5.69 Å². The third-order valence-electron chi connectivity index (χ3n) is 6.21. The van der Waals surface area contributed by atoms with Crippen LogP contribution in [0.15, 0.2) is 140 Å². The highest BCUT2D eigenvalue weighted by molar-refractivity contribution is 6.03. The number of hydrogen-bond donors (Lipinski definition) is 0. The summed E-state index contributed by atoms with van der Waals surface area (Å²) < 4.78 is 0. The zero-order chi connectivity index (χ0) is 22.0. The Bertz CT molecular complexity index is 1550. The van der Waals surface area contributed by atoms with E-state index >= 15 is 0 Å². The van der Waals surface area contributed by atoms with E-state index in [-0.39, 0.29) is 0 Å². The van der Waals surface area contributed by atoms with E-state index in [4.69, 9.17) is 0 Å². The number of hydrogen-bond acceptors (Lipinski definition) is 1. The number of anilines is 3. The number of fused-ring (bicyclic) bond motifs is 2. The average Bonchev–Trinajstić information content (AvgIpc) is 2.90. The zero-order valence-corrected chi connectivity index (χ0v) is 18.2. The molecule has 6 rings (SSSR count). The largest absolute Gasteiger partial charge is 0.309 e. The molecule has 1 heteroatoms. The second-order valence-corrected chi connectivity index (χ2v) is 8.25. The van der Waals surface area contributed by atoms with Gasteiger partial charge in [0.2, 0.25) is 0 Å². The fraction of sp³-hybridized carbons (Fsp3) is 0. The van der Waals surface area contributed by atoms with Crippen LogP contribution in [-0.2, 0) is 0 Å². The van der Waals surface area contributed by atoms with E-state index in [0.29, 0.717) is 0 Å². The molecule has 6 aromatic carbocycles. The maximum Gasteiger partial charge on any atom is 0.0546 e. The Morgan fingerprint density at radius 3 is 1.73 bits per heavy atom. The van der Waals surface area contributed by atoms with Crippen LogP contribution in [0.25, 0.3) is 32.7 Å². The van der Waals surface area contributed by atoms with Gasteiger partial charge >= 0.3 is 0 Å². The highest BCUT2D eigenvalue weighted by Gasteiger charge is 2.19. The zero-order valence-electron chi connectivity index (χ0n) is 18.2. The van der Waals surface area contributed by atoms with Crippen molar-refractivity contribution in [3.63, 3.8) is 0 Å². The number of nitrogens with zero attached hydrogens (tertiary/aromatic N) is 1. The molecule has 33 heavy (non-hydrogen) atoms. The Balaban J connectivity index is 1.71.